The van der Waals surface area contributed by atoms with Gasteiger partial charge in [-0.25, -0.2) is 9.18 Å². The first kappa shape index (κ1) is 10.2. The lowest BCUT2D eigenvalue weighted by Gasteiger charge is -2.03. The first-order valence-corrected chi connectivity index (χ1v) is 3.81. The van der Waals surface area contributed by atoms with Gasteiger partial charge in [-0.1, -0.05) is 0 Å². The molecule has 0 fully saturated rings. The Morgan fingerprint density at radius 2 is 2.21 bits per heavy atom. The Hall–Kier alpha value is -1.85. The second-order valence-electron chi connectivity index (χ2n) is 2.39. The third-order valence-corrected chi connectivity index (χ3v) is 1.43. The standard InChI is InChI=1S/C8H8FNO4/c1-2-14-8(13)4-3-5(9)7(12)10-6(4)11/h3H,2H2,1H3,(H2,10,11,12). The molecule has 0 aliphatic carbocycles. The summed E-state index contributed by atoms with van der Waals surface area (Å²) in [6.45, 7) is 1.67. The van der Waals surface area contributed by atoms with Crippen LogP contribution in [0.25, 0.3) is 0 Å². The summed E-state index contributed by atoms with van der Waals surface area (Å²) in [4.78, 5) is 14.1. The Balaban J connectivity index is 3.09. The van der Waals surface area contributed by atoms with Crippen LogP contribution in [0, 0.1) is 5.82 Å². The van der Waals surface area contributed by atoms with Crippen LogP contribution in [0.2, 0.25) is 0 Å². The van der Waals surface area contributed by atoms with Gasteiger partial charge in [-0.3, -0.25) is 0 Å². The molecule has 0 unspecified atom stereocenters. The number of hydrogen-bond acceptors (Lipinski definition) is 5. The Bertz CT molecular complexity index is 367. The monoisotopic (exact) mass is 201 g/mol. The highest BCUT2D eigenvalue weighted by Crippen LogP contribution is 2.22. The number of pyridine rings is 1. The molecule has 0 saturated carbocycles. The van der Waals surface area contributed by atoms with Crippen molar-refractivity contribution in [3.05, 3.63) is 17.4 Å². The molecule has 5 nitrogen and oxygen atoms in total. The molecule has 1 heterocycles. The van der Waals surface area contributed by atoms with Gasteiger partial charge in [0.2, 0.25) is 5.88 Å². The molecule has 1 aromatic rings. The van der Waals surface area contributed by atoms with Crippen molar-refractivity contribution in [2.45, 2.75) is 6.92 Å². The zero-order valence-corrected chi connectivity index (χ0v) is 7.32. The zero-order chi connectivity index (χ0) is 10.7. The van der Waals surface area contributed by atoms with Crippen molar-refractivity contribution in [1.29, 1.82) is 0 Å². The molecule has 76 valence electrons. The van der Waals surface area contributed by atoms with Crippen molar-refractivity contribution in [1.82, 2.24) is 4.98 Å². The van der Waals surface area contributed by atoms with Crippen LogP contribution in [0.3, 0.4) is 0 Å². The summed E-state index contributed by atoms with van der Waals surface area (Å²) in [5.74, 6) is -3.71. The third-order valence-electron chi connectivity index (χ3n) is 1.43. The van der Waals surface area contributed by atoms with E-state index in [0.29, 0.717) is 6.07 Å². The van der Waals surface area contributed by atoms with E-state index in [2.05, 4.69) is 9.72 Å². The quantitative estimate of drug-likeness (QED) is 0.692. The molecule has 1 rings (SSSR count). The zero-order valence-electron chi connectivity index (χ0n) is 7.32. The van der Waals surface area contributed by atoms with Crippen LogP contribution in [-0.4, -0.2) is 27.8 Å². The van der Waals surface area contributed by atoms with Crippen LogP contribution in [0.15, 0.2) is 6.07 Å². The number of ether oxygens (including phenoxy) is 1. The summed E-state index contributed by atoms with van der Waals surface area (Å²) >= 11 is 0. The largest absolute Gasteiger partial charge is 0.493 e. The van der Waals surface area contributed by atoms with Crippen molar-refractivity contribution in [3.63, 3.8) is 0 Å². The molecule has 2 N–H and O–H groups in total. The second-order valence-corrected chi connectivity index (χ2v) is 2.39. The number of aromatic hydroxyl groups is 2. The van der Waals surface area contributed by atoms with Crippen molar-refractivity contribution >= 4 is 5.97 Å². The molecule has 0 spiro atoms. The Labute approximate surface area is 78.8 Å². The van der Waals surface area contributed by atoms with Gasteiger partial charge < -0.3 is 14.9 Å². The minimum atomic E-state index is -1.09. The maximum absolute atomic E-state index is 12.7. The fraction of sp³-hybridized carbons (Fsp3) is 0.250. The minimum Gasteiger partial charge on any atom is -0.493 e. The third kappa shape index (κ3) is 1.90. The molecule has 0 aliphatic heterocycles. The van der Waals surface area contributed by atoms with Gasteiger partial charge >= 0.3 is 5.97 Å². The van der Waals surface area contributed by atoms with Gasteiger partial charge in [0.1, 0.15) is 5.56 Å². The highest BCUT2D eigenvalue weighted by Gasteiger charge is 2.17. The van der Waals surface area contributed by atoms with E-state index in [-0.39, 0.29) is 6.61 Å². The van der Waals surface area contributed by atoms with Crippen LogP contribution in [0.4, 0.5) is 4.39 Å². The van der Waals surface area contributed by atoms with Crippen molar-refractivity contribution in [2.75, 3.05) is 6.61 Å². The number of rotatable bonds is 2. The van der Waals surface area contributed by atoms with Crippen molar-refractivity contribution in [2.24, 2.45) is 0 Å². The molecular weight excluding hydrogens is 193 g/mol. The fourth-order valence-corrected chi connectivity index (χ4v) is 0.829. The summed E-state index contributed by atoms with van der Waals surface area (Å²) in [5, 5.41) is 17.8. The lowest BCUT2D eigenvalue weighted by molar-refractivity contribution is 0.0521. The van der Waals surface area contributed by atoms with Gasteiger partial charge in [0.25, 0.3) is 5.88 Å². The first-order chi connectivity index (χ1) is 6.56. The minimum absolute atomic E-state index is 0.0980. The lowest BCUT2D eigenvalue weighted by Crippen LogP contribution is -2.06. The topological polar surface area (TPSA) is 79.7 Å². The maximum atomic E-state index is 12.7. The average molecular weight is 201 g/mol. The van der Waals surface area contributed by atoms with Crippen LogP contribution in [0.5, 0.6) is 11.8 Å². The van der Waals surface area contributed by atoms with Gasteiger partial charge in [0, 0.05) is 0 Å². The highest BCUT2D eigenvalue weighted by molar-refractivity contribution is 5.91. The second kappa shape index (κ2) is 3.91. The number of carbonyl (C=O) groups excluding carboxylic acids is 1. The average Bonchev–Trinajstić information content (AvgIpc) is 2.11. The van der Waals surface area contributed by atoms with E-state index >= 15 is 0 Å². The Kier molecular flexibility index (Phi) is 2.85. The summed E-state index contributed by atoms with van der Waals surface area (Å²) in [7, 11) is 0. The predicted octanol–water partition coefficient (Wildman–Crippen LogP) is 0.809. The summed E-state index contributed by atoms with van der Waals surface area (Å²) in [5.41, 5.74) is -0.415. The fourth-order valence-electron chi connectivity index (χ4n) is 0.829. The molecule has 0 bridgehead atoms. The lowest BCUT2D eigenvalue weighted by atomic mass is 10.2. The van der Waals surface area contributed by atoms with Crippen LogP contribution in [0.1, 0.15) is 17.3 Å². The van der Waals surface area contributed by atoms with E-state index < -0.39 is 29.1 Å². The Morgan fingerprint density at radius 1 is 1.57 bits per heavy atom. The van der Waals surface area contributed by atoms with Crippen LogP contribution >= 0.6 is 0 Å². The molecule has 0 radical (unpaired) electrons. The number of hydrogen-bond donors (Lipinski definition) is 2. The number of halogens is 1. The number of esters is 1. The van der Waals surface area contributed by atoms with Crippen LogP contribution in [-0.2, 0) is 4.74 Å². The van der Waals surface area contributed by atoms with Gasteiger partial charge in [-0.15, -0.1) is 0 Å². The number of nitrogens with zero attached hydrogens (tertiary/aromatic N) is 1. The van der Waals surface area contributed by atoms with Crippen molar-refractivity contribution < 1.29 is 24.1 Å². The Morgan fingerprint density at radius 3 is 2.79 bits per heavy atom. The maximum Gasteiger partial charge on any atom is 0.343 e. The smallest absolute Gasteiger partial charge is 0.343 e. The molecule has 1 aromatic heterocycles. The van der Waals surface area contributed by atoms with Crippen molar-refractivity contribution in [3.8, 4) is 11.8 Å². The molecule has 0 atom stereocenters. The highest BCUT2D eigenvalue weighted by atomic mass is 19.1. The number of carbonyl (C=O) groups is 1. The first-order valence-electron chi connectivity index (χ1n) is 3.81. The molecular formula is C8H8FNO4. The normalized spacial score (nSPS) is 9.86. The molecule has 0 amide bonds. The van der Waals surface area contributed by atoms with E-state index in [1.54, 1.807) is 6.92 Å². The van der Waals surface area contributed by atoms with Gasteiger partial charge in [-0.05, 0) is 13.0 Å². The molecule has 0 aromatic carbocycles. The predicted molar refractivity (Wildman–Crippen MR) is 43.5 cm³/mol. The molecule has 0 saturated heterocycles. The van der Waals surface area contributed by atoms with Crippen LogP contribution < -0.4 is 0 Å². The van der Waals surface area contributed by atoms with Gasteiger partial charge in [0.15, 0.2) is 5.82 Å². The van der Waals surface area contributed by atoms with E-state index in [4.69, 9.17) is 10.2 Å². The van der Waals surface area contributed by atoms with Gasteiger partial charge in [0.05, 0.1) is 6.61 Å². The summed E-state index contributed by atoms with van der Waals surface area (Å²) in [6.07, 6.45) is 0. The van der Waals surface area contributed by atoms with E-state index in [9.17, 15) is 9.18 Å². The summed E-state index contributed by atoms with van der Waals surface area (Å²) < 4.78 is 17.2. The SMILES string of the molecule is CCOC(=O)c1cc(F)c(O)nc1O. The number of aromatic nitrogens is 1. The van der Waals surface area contributed by atoms with E-state index in [1.165, 1.54) is 0 Å². The molecule has 14 heavy (non-hydrogen) atoms. The van der Waals surface area contributed by atoms with E-state index in [0.717, 1.165) is 0 Å². The summed E-state index contributed by atoms with van der Waals surface area (Å²) in [6, 6.07) is 0.662. The van der Waals surface area contributed by atoms with Gasteiger partial charge in [-0.2, -0.15) is 4.98 Å². The van der Waals surface area contributed by atoms with E-state index in [1.807, 2.05) is 0 Å². The molecule has 0 aliphatic rings. The molecule has 6 heteroatoms.